The van der Waals surface area contributed by atoms with Gasteiger partial charge in [-0.3, -0.25) is 4.79 Å². The minimum Gasteiger partial charge on any atom is -0.394 e. The average Bonchev–Trinajstić information content (AvgIpc) is 2.76. The second-order valence-corrected chi connectivity index (χ2v) is 8.42. The lowest BCUT2D eigenvalue weighted by molar-refractivity contribution is -0.138. The van der Waals surface area contributed by atoms with Gasteiger partial charge in [-0.05, 0) is 32.1 Å². The number of aliphatic hydroxyl groups excluding tert-OH is 4. The van der Waals surface area contributed by atoms with E-state index in [1.54, 1.807) is 0 Å². The lowest BCUT2D eigenvalue weighted by Gasteiger charge is -2.22. The highest BCUT2D eigenvalue weighted by atomic mass is 16.4. The monoisotopic (exact) mass is 429 g/mol. The van der Waals surface area contributed by atoms with Gasteiger partial charge in [0.2, 0.25) is 0 Å². The van der Waals surface area contributed by atoms with Crippen molar-refractivity contribution in [2.45, 2.75) is 128 Å². The fourth-order valence-corrected chi connectivity index (χ4v) is 3.46. The Labute approximate surface area is 183 Å². The minimum absolute atomic E-state index is 0.385. The molecule has 0 bridgehead atoms. The Morgan fingerprint density at radius 3 is 1.73 bits per heavy atom. The predicted octanol–water partition coefficient (Wildman–Crippen LogP) is 3.39. The van der Waals surface area contributed by atoms with Gasteiger partial charge in [0, 0.05) is 0 Å². The zero-order chi connectivity index (χ0) is 22.6. The van der Waals surface area contributed by atoms with Crippen molar-refractivity contribution in [1.29, 1.82) is 0 Å². The van der Waals surface area contributed by atoms with Crippen molar-refractivity contribution in [2.75, 3.05) is 6.61 Å². The highest BCUT2D eigenvalue weighted by molar-refractivity contribution is 5.88. The molecular formula is C24H47NO5. The third-order valence-electron chi connectivity index (χ3n) is 5.60. The summed E-state index contributed by atoms with van der Waals surface area (Å²) < 4.78 is 0. The highest BCUT2D eigenvalue weighted by Gasteiger charge is 2.31. The van der Waals surface area contributed by atoms with E-state index < -0.39 is 36.7 Å². The molecule has 0 spiro atoms. The number of ketones is 1. The maximum absolute atomic E-state index is 11.8. The second-order valence-electron chi connectivity index (χ2n) is 8.42. The van der Waals surface area contributed by atoms with Crippen LogP contribution in [-0.2, 0) is 4.79 Å². The molecule has 30 heavy (non-hydrogen) atoms. The molecule has 0 aromatic carbocycles. The van der Waals surface area contributed by atoms with Crippen molar-refractivity contribution in [2.24, 2.45) is 5.73 Å². The first-order valence-electron chi connectivity index (χ1n) is 12.0. The number of Topliss-reactive ketones (excluding diaryl/α,β-unsaturated/α-hetero) is 1. The third kappa shape index (κ3) is 15.1. The van der Waals surface area contributed by atoms with E-state index in [-0.39, 0.29) is 0 Å². The van der Waals surface area contributed by atoms with Gasteiger partial charge in [0.05, 0.1) is 18.8 Å². The summed E-state index contributed by atoms with van der Waals surface area (Å²) >= 11 is 0. The Hall–Kier alpha value is -0.790. The Morgan fingerprint density at radius 1 is 0.767 bits per heavy atom. The summed E-state index contributed by atoms with van der Waals surface area (Å²) in [4.78, 5) is 11.8. The summed E-state index contributed by atoms with van der Waals surface area (Å²) in [7, 11) is 0. The largest absolute Gasteiger partial charge is 0.394 e. The SMILES string of the molecule is CCCCCCCCC=CCCCCCCCCC(O)[C@H](N)C(=O)[C@H](O)[C@H](O)CO. The van der Waals surface area contributed by atoms with Gasteiger partial charge in [-0.15, -0.1) is 0 Å². The Balaban J connectivity index is 3.56. The normalized spacial score (nSPS) is 15.9. The lowest BCUT2D eigenvalue weighted by atomic mass is 9.96. The van der Waals surface area contributed by atoms with Crippen LogP contribution in [0.5, 0.6) is 0 Å². The van der Waals surface area contributed by atoms with Gasteiger partial charge in [-0.1, -0.05) is 83.3 Å². The number of aliphatic hydroxyl groups is 4. The van der Waals surface area contributed by atoms with Crippen LogP contribution in [0.1, 0.15) is 103 Å². The molecule has 0 radical (unpaired) electrons. The molecule has 4 atom stereocenters. The molecule has 0 aliphatic rings. The average molecular weight is 430 g/mol. The molecule has 0 aromatic heterocycles. The smallest absolute Gasteiger partial charge is 0.183 e. The van der Waals surface area contributed by atoms with E-state index in [2.05, 4.69) is 19.1 Å². The molecule has 0 rings (SSSR count). The van der Waals surface area contributed by atoms with E-state index in [1.807, 2.05) is 0 Å². The number of unbranched alkanes of at least 4 members (excludes halogenated alkanes) is 12. The van der Waals surface area contributed by atoms with Crippen LogP contribution < -0.4 is 5.73 Å². The predicted molar refractivity (Wildman–Crippen MR) is 122 cm³/mol. The molecule has 0 aliphatic heterocycles. The molecule has 0 saturated carbocycles. The summed E-state index contributed by atoms with van der Waals surface area (Å²) in [5, 5.41) is 37.6. The van der Waals surface area contributed by atoms with Crippen molar-refractivity contribution >= 4 is 5.78 Å². The standard InChI is InChI=1S/C24H47NO5/c1-2-3-4-5-6-7-8-9-10-11-12-13-14-15-16-17-18-20(27)22(25)24(30)23(29)21(28)19-26/h9-10,20-23,26-29H,2-8,11-19,25H2,1H3/t20?,21-,22+,23-/m1/s1. The number of carbonyl (C=O) groups excluding carboxylic acids is 1. The van der Waals surface area contributed by atoms with Crippen LogP contribution >= 0.6 is 0 Å². The Morgan fingerprint density at radius 2 is 1.23 bits per heavy atom. The maximum Gasteiger partial charge on any atom is 0.183 e. The van der Waals surface area contributed by atoms with Crippen LogP contribution in [0.2, 0.25) is 0 Å². The van der Waals surface area contributed by atoms with Crippen molar-refractivity contribution < 1.29 is 25.2 Å². The van der Waals surface area contributed by atoms with Gasteiger partial charge in [0.1, 0.15) is 12.2 Å². The Bertz CT molecular complexity index is 430. The molecule has 178 valence electrons. The third-order valence-corrected chi connectivity index (χ3v) is 5.60. The van der Waals surface area contributed by atoms with Crippen LogP contribution in [0.3, 0.4) is 0 Å². The van der Waals surface area contributed by atoms with Gasteiger partial charge in [0.25, 0.3) is 0 Å². The van der Waals surface area contributed by atoms with Crippen molar-refractivity contribution in [3.63, 3.8) is 0 Å². The summed E-state index contributed by atoms with van der Waals surface area (Å²) in [5.41, 5.74) is 5.66. The summed E-state index contributed by atoms with van der Waals surface area (Å²) in [5.74, 6) is -0.839. The van der Waals surface area contributed by atoms with Crippen molar-refractivity contribution in [3.05, 3.63) is 12.2 Å². The first kappa shape index (κ1) is 29.2. The molecule has 0 heterocycles. The maximum atomic E-state index is 11.8. The topological polar surface area (TPSA) is 124 Å². The molecule has 6 N–H and O–H groups in total. The summed E-state index contributed by atoms with van der Waals surface area (Å²) in [6.45, 7) is 1.51. The fraction of sp³-hybridized carbons (Fsp3) is 0.875. The summed E-state index contributed by atoms with van der Waals surface area (Å²) in [6, 6.07) is -1.25. The lowest BCUT2D eigenvalue weighted by Crippen LogP contribution is -2.51. The van der Waals surface area contributed by atoms with Crippen LogP contribution in [0, 0.1) is 0 Å². The highest BCUT2D eigenvalue weighted by Crippen LogP contribution is 2.13. The van der Waals surface area contributed by atoms with Gasteiger partial charge in [-0.25, -0.2) is 0 Å². The van der Waals surface area contributed by atoms with E-state index in [9.17, 15) is 20.1 Å². The van der Waals surface area contributed by atoms with Crippen LogP contribution in [0.25, 0.3) is 0 Å². The number of rotatable bonds is 21. The molecule has 0 aromatic rings. The van der Waals surface area contributed by atoms with E-state index in [1.165, 1.54) is 57.8 Å². The minimum atomic E-state index is -1.76. The van der Waals surface area contributed by atoms with Gasteiger partial charge >= 0.3 is 0 Å². The first-order chi connectivity index (χ1) is 14.5. The molecule has 0 saturated heterocycles. The molecule has 0 fully saturated rings. The zero-order valence-electron chi connectivity index (χ0n) is 19.1. The van der Waals surface area contributed by atoms with Crippen molar-refractivity contribution in [1.82, 2.24) is 0 Å². The molecule has 1 unspecified atom stereocenters. The van der Waals surface area contributed by atoms with E-state index in [0.29, 0.717) is 6.42 Å². The zero-order valence-corrected chi connectivity index (χ0v) is 19.1. The van der Waals surface area contributed by atoms with Crippen LogP contribution in [0.4, 0.5) is 0 Å². The molecular weight excluding hydrogens is 382 g/mol. The number of hydrogen-bond acceptors (Lipinski definition) is 6. The molecule has 6 nitrogen and oxygen atoms in total. The van der Waals surface area contributed by atoms with Gasteiger partial charge in [-0.2, -0.15) is 0 Å². The molecule has 6 heteroatoms. The number of hydrogen-bond donors (Lipinski definition) is 5. The van der Waals surface area contributed by atoms with E-state index >= 15 is 0 Å². The van der Waals surface area contributed by atoms with E-state index in [0.717, 1.165) is 32.1 Å². The van der Waals surface area contributed by atoms with Crippen LogP contribution in [0.15, 0.2) is 12.2 Å². The quantitative estimate of drug-likeness (QED) is 0.141. The first-order valence-corrected chi connectivity index (χ1v) is 12.0. The fourth-order valence-electron chi connectivity index (χ4n) is 3.46. The second kappa shape index (κ2) is 20.1. The number of allylic oxidation sites excluding steroid dienone is 2. The van der Waals surface area contributed by atoms with Crippen LogP contribution in [-0.4, -0.2) is 57.2 Å². The van der Waals surface area contributed by atoms with Gasteiger partial charge in [0.15, 0.2) is 5.78 Å². The van der Waals surface area contributed by atoms with Gasteiger partial charge < -0.3 is 26.2 Å². The molecule has 0 aliphatic carbocycles. The van der Waals surface area contributed by atoms with Crippen molar-refractivity contribution in [3.8, 4) is 0 Å². The summed E-state index contributed by atoms with van der Waals surface area (Å²) in [6.07, 6.45) is 17.4. The Kier molecular flexibility index (Phi) is 19.6. The number of nitrogens with two attached hydrogens (primary N) is 1. The molecule has 0 amide bonds. The number of carbonyl (C=O) groups is 1. The van der Waals surface area contributed by atoms with E-state index in [4.69, 9.17) is 10.8 Å².